The van der Waals surface area contributed by atoms with Gasteiger partial charge >= 0.3 is 11.9 Å². The number of carbonyl (C=O) groups is 2. The minimum absolute atomic E-state index is 0.0633. The van der Waals surface area contributed by atoms with Crippen LogP contribution in [0.4, 0.5) is 0 Å². The van der Waals surface area contributed by atoms with E-state index in [1.54, 1.807) is 13.8 Å². The van der Waals surface area contributed by atoms with Gasteiger partial charge in [-0.15, -0.1) is 0 Å². The maximum absolute atomic E-state index is 12.8. The Kier molecular flexibility index (Phi) is 20.0. The molecule has 0 aliphatic heterocycles. The summed E-state index contributed by atoms with van der Waals surface area (Å²) in [5.41, 5.74) is 2.45. The first-order valence-electron chi connectivity index (χ1n) is 21.7. The van der Waals surface area contributed by atoms with Crippen molar-refractivity contribution in [3.63, 3.8) is 0 Å². The molecule has 59 heavy (non-hydrogen) atoms. The minimum atomic E-state index is -0.673. The molecule has 0 N–H and O–H groups in total. The van der Waals surface area contributed by atoms with Gasteiger partial charge in [0.05, 0.1) is 13.2 Å². The molecule has 0 fully saturated rings. The van der Waals surface area contributed by atoms with Crippen LogP contribution in [0.15, 0.2) is 90.7 Å². The minimum Gasteiger partial charge on any atom is -0.489 e. The second-order valence-electron chi connectivity index (χ2n) is 15.7. The van der Waals surface area contributed by atoms with Gasteiger partial charge in [-0.25, -0.2) is 9.59 Å². The quantitative estimate of drug-likeness (QED) is 0.0403. The first-order chi connectivity index (χ1) is 28.6. The zero-order chi connectivity index (χ0) is 42.6. The molecule has 4 rings (SSSR count). The van der Waals surface area contributed by atoms with Crippen molar-refractivity contribution in [1.29, 1.82) is 0 Å². The molecule has 0 saturated heterocycles. The molecule has 0 saturated carbocycles. The van der Waals surface area contributed by atoms with Gasteiger partial charge in [0.2, 0.25) is 0 Å². The number of para-hydroxylation sites is 1. The highest BCUT2D eigenvalue weighted by Crippen LogP contribution is 2.44. The van der Waals surface area contributed by atoms with Gasteiger partial charge in [0.15, 0.2) is 12.2 Å². The van der Waals surface area contributed by atoms with Crippen molar-refractivity contribution in [2.24, 2.45) is 11.8 Å². The SMILES string of the molecule is C=C(C)C(=O)OC(COCCC(CC)CCC)COc1c2c(c(OCC(COCCC(CC)CCC)OC(=O)C(=C)C)c3ccccc13)CC(Oc1ccccc1)=CC2. The number of ether oxygens (including phenoxy) is 7. The second-order valence-corrected chi connectivity index (χ2v) is 15.7. The Morgan fingerprint density at radius 3 is 1.56 bits per heavy atom. The van der Waals surface area contributed by atoms with Gasteiger partial charge < -0.3 is 33.2 Å². The maximum Gasteiger partial charge on any atom is 0.333 e. The summed E-state index contributed by atoms with van der Waals surface area (Å²) in [5.74, 6) is 3.05. The summed E-state index contributed by atoms with van der Waals surface area (Å²) >= 11 is 0. The van der Waals surface area contributed by atoms with Crippen molar-refractivity contribution in [3.8, 4) is 17.2 Å². The number of benzene rings is 3. The predicted molar refractivity (Wildman–Crippen MR) is 235 cm³/mol. The van der Waals surface area contributed by atoms with Crippen LogP contribution in [-0.2, 0) is 41.4 Å². The fourth-order valence-corrected chi connectivity index (χ4v) is 7.33. The average Bonchev–Trinajstić information content (AvgIpc) is 3.23. The van der Waals surface area contributed by atoms with E-state index in [1.807, 2.05) is 54.6 Å². The lowest BCUT2D eigenvalue weighted by Gasteiger charge is -2.28. The molecular formula is C50H68O9. The molecule has 4 unspecified atom stereocenters. The van der Waals surface area contributed by atoms with E-state index >= 15 is 0 Å². The Morgan fingerprint density at radius 2 is 1.10 bits per heavy atom. The molecular weight excluding hydrogens is 745 g/mol. The van der Waals surface area contributed by atoms with E-state index in [0.29, 0.717) is 60.5 Å². The summed E-state index contributed by atoms with van der Waals surface area (Å²) < 4.78 is 43.8. The average molecular weight is 813 g/mol. The van der Waals surface area contributed by atoms with Gasteiger partial charge in [-0.2, -0.15) is 0 Å². The Bertz CT molecular complexity index is 1830. The standard InChI is InChI=1S/C50H68O9/c1-9-18-37(11-3)26-28-53-31-41(58-49(51)35(5)6)33-55-47-43-22-16-17-23-44(43)48(46-30-40(24-25-45(46)47)57-39-20-14-13-15-21-39)56-34-42(59-50(52)36(7)8)32-54-29-27-38(12-4)19-10-2/h13-17,20-24,37-38,41-42H,5,7,9-12,18-19,25-34H2,1-4,6,8H3. The van der Waals surface area contributed by atoms with Crippen LogP contribution >= 0.6 is 0 Å². The highest BCUT2D eigenvalue weighted by molar-refractivity contribution is 5.96. The predicted octanol–water partition coefficient (Wildman–Crippen LogP) is 11.1. The first kappa shape index (κ1) is 47.1. The molecule has 3 aromatic rings. The van der Waals surface area contributed by atoms with Gasteiger partial charge in [-0.3, -0.25) is 0 Å². The van der Waals surface area contributed by atoms with Crippen LogP contribution in [0.2, 0.25) is 0 Å². The highest BCUT2D eigenvalue weighted by atomic mass is 16.6. The van der Waals surface area contributed by atoms with Crippen molar-refractivity contribution in [1.82, 2.24) is 0 Å². The van der Waals surface area contributed by atoms with Crippen LogP contribution in [0.1, 0.15) is 104 Å². The van der Waals surface area contributed by atoms with Crippen molar-refractivity contribution in [3.05, 3.63) is 102 Å². The number of rotatable bonds is 28. The van der Waals surface area contributed by atoms with Crippen LogP contribution in [-0.4, -0.2) is 63.8 Å². The van der Waals surface area contributed by atoms with Crippen molar-refractivity contribution in [2.45, 2.75) is 118 Å². The molecule has 0 radical (unpaired) electrons. The molecule has 0 spiro atoms. The zero-order valence-corrected chi connectivity index (χ0v) is 36.5. The van der Waals surface area contributed by atoms with E-state index in [1.165, 1.54) is 0 Å². The third-order valence-corrected chi connectivity index (χ3v) is 10.8. The van der Waals surface area contributed by atoms with Gasteiger partial charge in [-0.05, 0) is 63.2 Å². The zero-order valence-electron chi connectivity index (χ0n) is 36.5. The molecule has 1 aliphatic carbocycles. The number of carbonyl (C=O) groups excluding carboxylic acids is 2. The van der Waals surface area contributed by atoms with E-state index < -0.39 is 24.1 Å². The lowest BCUT2D eigenvalue weighted by Crippen LogP contribution is -2.31. The van der Waals surface area contributed by atoms with Gasteiger partial charge in [-0.1, -0.05) is 122 Å². The summed E-state index contributed by atoms with van der Waals surface area (Å²) in [5, 5.41) is 1.67. The molecule has 3 aromatic carbocycles. The summed E-state index contributed by atoms with van der Waals surface area (Å²) in [7, 11) is 0. The monoisotopic (exact) mass is 812 g/mol. The highest BCUT2D eigenvalue weighted by Gasteiger charge is 2.28. The number of hydrogen-bond acceptors (Lipinski definition) is 9. The number of esters is 2. The summed E-state index contributed by atoms with van der Waals surface area (Å²) in [4.78, 5) is 25.6. The van der Waals surface area contributed by atoms with Crippen LogP contribution < -0.4 is 14.2 Å². The Morgan fingerprint density at radius 1 is 0.627 bits per heavy atom. The molecule has 9 heteroatoms. The van der Waals surface area contributed by atoms with Crippen LogP contribution in [0.25, 0.3) is 10.8 Å². The Balaban J connectivity index is 1.65. The largest absolute Gasteiger partial charge is 0.489 e. The molecule has 0 heterocycles. The lowest BCUT2D eigenvalue weighted by molar-refractivity contribution is -0.150. The van der Waals surface area contributed by atoms with E-state index in [-0.39, 0.29) is 26.4 Å². The van der Waals surface area contributed by atoms with Crippen LogP contribution in [0.5, 0.6) is 17.2 Å². The molecule has 1 aliphatic rings. The van der Waals surface area contributed by atoms with Gasteiger partial charge in [0.1, 0.15) is 36.2 Å². The van der Waals surface area contributed by atoms with E-state index in [2.05, 4.69) is 46.9 Å². The molecule has 0 amide bonds. The molecule has 4 atom stereocenters. The fraction of sp³-hybridized carbons (Fsp3) is 0.520. The smallest absolute Gasteiger partial charge is 0.333 e. The molecule has 0 bridgehead atoms. The van der Waals surface area contributed by atoms with Crippen LogP contribution in [0.3, 0.4) is 0 Å². The Hall–Kier alpha value is -4.60. The fourth-order valence-electron chi connectivity index (χ4n) is 7.33. The van der Waals surface area contributed by atoms with Crippen LogP contribution in [0, 0.1) is 11.8 Å². The van der Waals surface area contributed by atoms with Crippen molar-refractivity contribution < 1.29 is 42.7 Å². The summed E-state index contributed by atoms with van der Waals surface area (Å²) in [6, 6.07) is 17.6. The van der Waals surface area contributed by atoms with E-state index in [9.17, 15) is 9.59 Å². The number of hydrogen-bond donors (Lipinski definition) is 0. The summed E-state index contributed by atoms with van der Waals surface area (Å²) in [6.45, 7) is 21.3. The number of allylic oxidation sites excluding steroid dienone is 2. The third kappa shape index (κ3) is 14.9. The third-order valence-electron chi connectivity index (χ3n) is 10.8. The molecule has 322 valence electrons. The van der Waals surface area contributed by atoms with Crippen molar-refractivity contribution >= 4 is 22.7 Å². The van der Waals surface area contributed by atoms with Gasteiger partial charge in [0, 0.05) is 52.7 Å². The summed E-state index contributed by atoms with van der Waals surface area (Å²) in [6.07, 6.45) is 10.4. The number of fused-ring (bicyclic) bond motifs is 2. The van der Waals surface area contributed by atoms with Crippen molar-refractivity contribution in [2.75, 3.05) is 39.6 Å². The Labute approximate surface area is 353 Å². The molecule has 0 aromatic heterocycles. The second kappa shape index (κ2) is 25.1. The van der Waals surface area contributed by atoms with Gasteiger partial charge in [0.25, 0.3) is 0 Å². The normalized spacial score (nSPS) is 14.3. The van der Waals surface area contributed by atoms with E-state index in [0.717, 1.165) is 84.8 Å². The topological polar surface area (TPSA) is 98.8 Å². The lowest BCUT2D eigenvalue weighted by atomic mass is 9.89. The molecule has 9 nitrogen and oxygen atoms in total. The van der Waals surface area contributed by atoms with E-state index in [4.69, 9.17) is 33.2 Å². The first-order valence-corrected chi connectivity index (χ1v) is 21.7. The maximum atomic E-state index is 12.8.